The lowest BCUT2D eigenvalue weighted by atomic mass is 10.00. The fourth-order valence-electron chi connectivity index (χ4n) is 0.316. The molecule has 1 heteroatoms. The third-order valence-corrected chi connectivity index (χ3v) is 0.573. The third kappa shape index (κ3) is 5.49. The van der Waals surface area contributed by atoms with Crippen molar-refractivity contribution in [1.29, 1.82) is 0 Å². The van der Waals surface area contributed by atoms with E-state index in [2.05, 4.69) is 31.7 Å². The minimum atomic E-state index is 0.135. The highest BCUT2D eigenvalue weighted by atomic mass is 14.6. The Labute approximate surface area is 51.5 Å². The molecule has 46 valence electrons. The first-order chi connectivity index (χ1) is 3.56. The molecule has 0 N–H and O–H groups in total. The van der Waals surface area contributed by atoms with Crippen LogP contribution in [-0.4, -0.2) is 6.54 Å². The van der Waals surface area contributed by atoms with Crippen molar-refractivity contribution in [2.45, 2.75) is 27.7 Å². The maximum Gasteiger partial charge on any atom is 0.278 e. The Bertz CT molecular complexity index is 109. The van der Waals surface area contributed by atoms with Crippen LogP contribution in [0.4, 0.5) is 0 Å². The normalized spacial score (nSPS) is 10.0. The summed E-state index contributed by atoms with van der Waals surface area (Å²) in [4.78, 5) is 3.99. The van der Waals surface area contributed by atoms with Crippen LogP contribution in [-0.2, 0) is 0 Å². The lowest BCUT2D eigenvalue weighted by molar-refractivity contribution is 0.569. The van der Waals surface area contributed by atoms with Gasteiger partial charge in [-0.15, -0.1) is 0 Å². The zero-order valence-electron chi connectivity index (χ0n) is 6.15. The first-order valence-electron chi connectivity index (χ1n) is 3.00. The van der Waals surface area contributed by atoms with Crippen molar-refractivity contribution < 1.29 is 0 Å². The van der Waals surface area contributed by atoms with Crippen molar-refractivity contribution in [3.8, 4) is 6.07 Å². The fourth-order valence-corrected chi connectivity index (χ4v) is 0.316. The SMILES string of the molecule is CC[N+]#CC(C)(C)C. The monoisotopic (exact) mass is 112 g/mol. The molecule has 0 amide bonds. The Balaban J connectivity index is 3.69. The smallest absolute Gasteiger partial charge is 0.0835 e. The van der Waals surface area contributed by atoms with E-state index in [1.54, 1.807) is 0 Å². The van der Waals surface area contributed by atoms with Gasteiger partial charge in [-0.25, -0.2) is 0 Å². The van der Waals surface area contributed by atoms with Gasteiger partial charge in [-0.2, -0.15) is 0 Å². The van der Waals surface area contributed by atoms with E-state index in [1.165, 1.54) is 0 Å². The minimum absolute atomic E-state index is 0.135. The summed E-state index contributed by atoms with van der Waals surface area (Å²) in [7, 11) is 0. The summed E-state index contributed by atoms with van der Waals surface area (Å²) in [6.45, 7) is 9.13. The molecule has 0 atom stereocenters. The van der Waals surface area contributed by atoms with Crippen LogP contribution in [0, 0.1) is 11.5 Å². The van der Waals surface area contributed by atoms with Gasteiger partial charge < -0.3 is 0 Å². The first kappa shape index (κ1) is 7.49. The molecule has 0 aliphatic heterocycles. The molecule has 0 radical (unpaired) electrons. The largest absolute Gasteiger partial charge is 0.278 e. The molecule has 0 saturated heterocycles. The second kappa shape index (κ2) is 2.71. The molecule has 0 aliphatic rings. The molecule has 0 aromatic carbocycles. The zero-order chi connectivity index (χ0) is 6.62. The molecule has 0 aromatic rings. The van der Waals surface area contributed by atoms with Crippen molar-refractivity contribution in [3.63, 3.8) is 0 Å². The van der Waals surface area contributed by atoms with Gasteiger partial charge in [0.15, 0.2) is 0 Å². The standard InChI is InChI=1S/C7H14N/c1-5-8-6-7(2,3)4/h5H2,1-4H3/q+1. The number of hydrogen-bond donors (Lipinski definition) is 0. The van der Waals surface area contributed by atoms with Crippen LogP contribution >= 0.6 is 0 Å². The summed E-state index contributed by atoms with van der Waals surface area (Å²) in [5, 5.41) is 0. The predicted octanol–water partition coefficient (Wildman–Crippen LogP) is 2.39. The Hall–Kier alpha value is -0.510. The lowest BCUT2D eigenvalue weighted by Crippen LogP contribution is -1.98. The molecule has 0 rings (SSSR count). The molecular weight excluding hydrogens is 98.1 g/mol. The number of rotatable bonds is 0. The summed E-state index contributed by atoms with van der Waals surface area (Å²) in [5.74, 6) is 0. The number of nitrogens with zero attached hydrogens (tertiary/aromatic N) is 1. The van der Waals surface area contributed by atoms with E-state index in [1.807, 2.05) is 6.92 Å². The molecule has 0 saturated carbocycles. The maximum atomic E-state index is 3.99. The summed E-state index contributed by atoms with van der Waals surface area (Å²) < 4.78 is 0. The van der Waals surface area contributed by atoms with Gasteiger partial charge in [-0.1, -0.05) is 4.85 Å². The molecule has 0 unspecified atom stereocenters. The van der Waals surface area contributed by atoms with Gasteiger partial charge in [0.05, 0.1) is 5.41 Å². The molecule has 0 aliphatic carbocycles. The minimum Gasteiger partial charge on any atom is -0.0835 e. The van der Waals surface area contributed by atoms with Gasteiger partial charge in [0, 0.05) is 6.92 Å². The van der Waals surface area contributed by atoms with Gasteiger partial charge in [0.2, 0.25) is 0 Å². The van der Waals surface area contributed by atoms with E-state index in [4.69, 9.17) is 0 Å². The summed E-state index contributed by atoms with van der Waals surface area (Å²) in [6.07, 6.45) is 0. The molecule has 0 fully saturated rings. The second-order valence-electron chi connectivity index (χ2n) is 2.84. The molecule has 0 aromatic heterocycles. The molecule has 8 heavy (non-hydrogen) atoms. The summed E-state index contributed by atoms with van der Waals surface area (Å²) in [5.41, 5.74) is 0.135. The topological polar surface area (TPSA) is 4.36 Å². The van der Waals surface area contributed by atoms with Crippen molar-refractivity contribution in [2.75, 3.05) is 6.54 Å². The Morgan fingerprint density at radius 1 is 1.38 bits per heavy atom. The average molecular weight is 112 g/mol. The summed E-state index contributed by atoms with van der Waals surface area (Å²) in [6, 6.07) is 3.00. The van der Waals surface area contributed by atoms with Crippen molar-refractivity contribution in [2.24, 2.45) is 5.41 Å². The number of hydrogen-bond acceptors (Lipinski definition) is 0. The Morgan fingerprint density at radius 2 is 1.88 bits per heavy atom. The van der Waals surface area contributed by atoms with Crippen LogP contribution in [0.3, 0.4) is 0 Å². The highest BCUT2D eigenvalue weighted by molar-refractivity contribution is 4.97. The maximum absolute atomic E-state index is 3.99. The van der Waals surface area contributed by atoms with Crippen molar-refractivity contribution in [1.82, 2.24) is 0 Å². The zero-order valence-corrected chi connectivity index (χ0v) is 6.15. The Morgan fingerprint density at radius 3 is 2.00 bits per heavy atom. The highest BCUT2D eigenvalue weighted by Gasteiger charge is 2.11. The van der Waals surface area contributed by atoms with E-state index in [0.29, 0.717) is 0 Å². The van der Waals surface area contributed by atoms with E-state index in [-0.39, 0.29) is 5.41 Å². The van der Waals surface area contributed by atoms with Gasteiger partial charge in [-0.05, 0) is 20.8 Å². The van der Waals surface area contributed by atoms with Crippen LogP contribution in [0.2, 0.25) is 0 Å². The lowest BCUT2D eigenvalue weighted by Gasteiger charge is -1.97. The van der Waals surface area contributed by atoms with Crippen LogP contribution in [0.1, 0.15) is 27.7 Å². The van der Waals surface area contributed by atoms with Gasteiger partial charge in [-0.3, -0.25) is 0 Å². The van der Waals surface area contributed by atoms with E-state index in [0.717, 1.165) is 6.54 Å². The average Bonchev–Trinajstić information content (AvgIpc) is 1.59. The fraction of sp³-hybridized carbons (Fsp3) is 0.857. The first-order valence-corrected chi connectivity index (χ1v) is 3.00. The molecule has 0 spiro atoms. The second-order valence-corrected chi connectivity index (χ2v) is 2.84. The van der Waals surface area contributed by atoms with Crippen LogP contribution < -0.4 is 0 Å². The van der Waals surface area contributed by atoms with Gasteiger partial charge in [0.25, 0.3) is 12.6 Å². The van der Waals surface area contributed by atoms with Crippen LogP contribution in [0.15, 0.2) is 0 Å². The van der Waals surface area contributed by atoms with Gasteiger partial charge in [0.1, 0.15) is 0 Å². The van der Waals surface area contributed by atoms with Gasteiger partial charge >= 0.3 is 0 Å². The van der Waals surface area contributed by atoms with Crippen LogP contribution in [0.25, 0.3) is 4.85 Å². The van der Waals surface area contributed by atoms with Crippen LogP contribution in [0.5, 0.6) is 0 Å². The molecule has 0 bridgehead atoms. The molecular formula is C7H14N+. The Kier molecular flexibility index (Phi) is 2.54. The quantitative estimate of drug-likeness (QED) is 0.453. The molecule has 0 heterocycles. The van der Waals surface area contributed by atoms with E-state index >= 15 is 0 Å². The summed E-state index contributed by atoms with van der Waals surface area (Å²) >= 11 is 0. The molecule has 1 nitrogen and oxygen atoms in total. The highest BCUT2D eigenvalue weighted by Crippen LogP contribution is 2.09. The van der Waals surface area contributed by atoms with E-state index in [9.17, 15) is 0 Å². The third-order valence-electron chi connectivity index (χ3n) is 0.573. The van der Waals surface area contributed by atoms with Crippen molar-refractivity contribution in [3.05, 3.63) is 4.85 Å². The van der Waals surface area contributed by atoms with Crippen molar-refractivity contribution >= 4 is 0 Å². The predicted molar refractivity (Wildman–Crippen MR) is 37.2 cm³/mol. The van der Waals surface area contributed by atoms with E-state index < -0.39 is 0 Å².